The van der Waals surface area contributed by atoms with Crippen molar-refractivity contribution in [1.29, 1.82) is 0 Å². The first-order chi connectivity index (χ1) is 12.1. The van der Waals surface area contributed by atoms with Gasteiger partial charge in [0.1, 0.15) is 0 Å². The van der Waals surface area contributed by atoms with Crippen molar-refractivity contribution in [3.8, 4) is 0 Å². The third-order valence-corrected chi connectivity index (χ3v) is 7.10. The van der Waals surface area contributed by atoms with Crippen LogP contribution in [0.1, 0.15) is 19.5 Å². The summed E-state index contributed by atoms with van der Waals surface area (Å²) in [5.74, 6) is 0.146. The van der Waals surface area contributed by atoms with Crippen LogP contribution in [0.2, 0.25) is 0 Å². The van der Waals surface area contributed by atoms with E-state index in [0.717, 1.165) is 48.6 Å². The molecule has 2 fully saturated rings. The summed E-state index contributed by atoms with van der Waals surface area (Å²) in [6, 6.07) is 2.29. The van der Waals surface area contributed by atoms with Gasteiger partial charge >= 0.3 is 0 Å². The van der Waals surface area contributed by atoms with Gasteiger partial charge in [-0.15, -0.1) is 22.7 Å². The Labute approximate surface area is 162 Å². The minimum atomic E-state index is 0.0309. The summed E-state index contributed by atoms with van der Waals surface area (Å²) in [4.78, 5) is 35.7. The Morgan fingerprint density at radius 1 is 1.08 bits per heavy atom. The maximum atomic E-state index is 12.4. The van der Waals surface area contributed by atoms with Crippen molar-refractivity contribution in [1.82, 2.24) is 19.7 Å². The number of thiophene rings is 1. The molecule has 0 N–H and O–H groups in total. The summed E-state index contributed by atoms with van der Waals surface area (Å²) in [7, 11) is 0. The van der Waals surface area contributed by atoms with Crippen molar-refractivity contribution in [3.05, 3.63) is 37.4 Å². The van der Waals surface area contributed by atoms with Gasteiger partial charge in [-0.25, -0.2) is 4.98 Å². The molecule has 0 saturated carbocycles. The van der Waals surface area contributed by atoms with E-state index < -0.39 is 0 Å². The number of carbonyl (C=O) groups is 2. The lowest BCUT2D eigenvalue weighted by molar-refractivity contribution is 0.00879. The highest BCUT2D eigenvalue weighted by Gasteiger charge is 2.37. The number of likely N-dealkylation sites (tertiary alicyclic amines) is 1. The Kier molecular flexibility index (Phi) is 4.90. The average Bonchev–Trinajstić information content (AvgIpc) is 3.25. The van der Waals surface area contributed by atoms with Crippen molar-refractivity contribution in [2.45, 2.75) is 6.04 Å². The smallest absolute Gasteiger partial charge is 0.282 e. The number of halogens is 1. The lowest BCUT2D eigenvalue weighted by Gasteiger charge is -2.47. The first-order valence-electron chi connectivity index (χ1n) is 8.08. The van der Waals surface area contributed by atoms with Crippen LogP contribution in [0.3, 0.4) is 0 Å². The molecule has 2 amide bonds. The molecule has 25 heavy (non-hydrogen) atoms. The Balaban J connectivity index is 1.26. The molecule has 132 valence electrons. The maximum Gasteiger partial charge on any atom is 0.282 e. The molecule has 0 bridgehead atoms. The van der Waals surface area contributed by atoms with Gasteiger partial charge < -0.3 is 9.80 Å². The fraction of sp³-hybridized carbons (Fsp3) is 0.438. The van der Waals surface area contributed by atoms with E-state index in [-0.39, 0.29) is 11.8 Å². The Bertz CT molecular complexity index is 765. The zero-order valence-electron chi connectivity index (χ0n) is 13.4. The summed E-state index contributed by atoms with van der Waals surface area (Å²) in [6.07, 6.45) is 1.67. The van der Waals surface area contributed by atoms with E-state index in [1.165, 1.54) is 22.7 Å². The van der Waals surface area contributed by atoms with Crippen molar-refractivity contribution < 1.29 is 9.59 Å². The second-order valence-electron chi connectivity index (χ2n) is 6.16. The molecule has 0 unspecified atom stereocenters. The molecular formula is C16H17BrN4O2S2. The highest BCUT2D eigenvalue weighted by molar-refractivity contribution is 9.10. The predicted octanol–water partition coefficient (Wildman–Crippen LogP) is 2.25. The van der Waals surface area contributed by atoms with E-state index >= 15 is 0 Å². The number of amides is 2. The van der Waals surface area contributed by atoms with Crippen LogP contribution in [0.15, 0.2) is 27.5 Å². The summed E-state index contributed by atoms with van der Waals surface area (Å²) in [6.45, 7) is 4.70. The third kappa shape index (κ3) is 3.51. The lowest BCUT2D eigenvalue weighted by Crippen LogP contribution is -2.64. The largest absolute Gasteiger partial charge is 0.335 e. The molecule has 9 heteroatoms. The average molecular weight is 441 g/mol. The van der Waals surface area contributed by atoms with E-state index in [4.69, 9.17) is 0 Å². The van der Waals surface area contributed by atoms with Gasteiger partial charge in [0.15, 0.2) is 5.01 Å². The monoisotopic (exact) mass is 440 g/mol. The van der Waals surface area contributed by atoms with Crippen molar-refractivity contribution in [3.63, 3.8) is 0 Å². The first kappa shape index (κ1) is 17.1. The highest BCUT2D eigenvalue weighted by Crippen LogP contribution is 2.25. The predicted molar refractivity (Wildman–Crippen MR) is 101 cm³/mol. The second kappa shape index (κ2) is 7.14. The van der Waals surface area contributed by atoms with Crippen molar-refractivity contribution in [2.24, 2.45) is 0 Å². The number of hydrogen-bond donors (Lipinski definition) is 0. The number of carbonyl (C=O) groups excluding carboxylic acids is 2. The summed E-state index contributed by atoms with van der Waals surface area (Å²) in [5.41, 5.74) is 0. The molecule has 2 aromatic heterocycles. The highest BCUT2D eigenvalue weighted by atomic mass is 79.9. The van der Waals surface area contributed by atoms with Crippen LogP contribution in [0.4, 0.5) is 0 Å². The van der Waals surface area contributed by atoms with E-state index in [2.05, 4.69) is 25.8 Å². The molecule has 0 aliphatic carbocycles. The van der Waals surface area contributed by atoms with Crippen LogP contribution in [0, 0.1) is 0 Å². The molecule has 2 aliphatic rings. The van der Waals surface area contributed by atoms with Gasteiger partial charge in [-0.3, -0.25) is 14.5 Å². The third-order valence-electron chi connectivity index (χ3n) is 4.66. The molecule has 4 heterocycles. The van der Waals surface area contributed by atoms with E-state index in [1.807, 2.05) is 26.6 Å². The second-order valence-corrected chi connectivity index (χ2v) is 8.88. The Hall–Kier alpha value is -1.29. The number of hydrogen-bond acceptors (Lipinski definition) is 6. The van der Waals surface area contributed by atoms with Crippen LogP contribution in [0.25, 0.3) is 0 Å². The molecule has 2 aromatic rings. The van der Waals surface area contributed by atoms with Gasteiger partial charge in [0, 0.05) is 66.7 Å². The zero-order valence-corrected chi connectivity index (χ0v) is 16.6. The van der Waals surface area contributed by atoms with Crippen molar-refractivity contribution >= 4 is 50.4 Å². The molecule has 0 aromatic carbocycles. The summed E-state index contributed by atoms with van der Waals surface area (Å²) >= 11 is 6.25. The SMILES string of the molecule is O=C(c1cc(Br)cs1)N1CC(N2CCN(C(=O)c3nccs3)CC2)C1. The maximum absolute atomic E-state index is 12.4. The quantitative estimate of drug-likeness (QED) is 0.734. The topological polar surface area (TPSA) is 56.8 Å². The van der Waals surface area contributed by atoms with Crippen LogP contribution >= 0.6 is 38.6 Å². The van der Waals surface area contributed by atoms with Crippen LogP contribution in [-0.4, -0.2) is 76.8 Å². The Morgan fingerprint density at radius 2 is 1.84 bits per heavy atom. The van der Waals surface area contributed by atoms with E-state index in [9.17, 15) is 9.59 Å². The number of piperazine rings is 1. The lowest BCUT2D eigenvalue weighted by atomic mass is 10.1. The molecule has 4 rings (SSSR count). The minimum Gasteiger partial charge on any atom is -0.335 e. The molecule has 2 saturated heterocycles. The minimum absolute atomic E-state index is 0.0309. The fourth-order valence-electron chi connectivity index (χ4n) is 3.19. The standard InChI is InChI=1S/C16H17BrN4O2S2/c17-11-7-13(25-10-11)15(22)21-8-12(9-21)19-2-4-20(5-3-19)16(23)14-18-1-6-24-14/h1,6-7,10,12H,2-5,8-9H2. The van der Waals surface area contributed by atoms with E-state index in [0.29, 0.717) is 11.0 Å². The van der Waals surface area contributed by atoms with Crippen LogP contribution in [-0.2, 0) is 0 Å². The van der Waals surface area contributed by atoms with Gasteiger partial charge in [-0.2, -0.15) is 0 Å². The summed E-state index contributed by atoms with van der Waals surface area (Å²) in [5, 5.41) is 4.33. The number of aromatic nitrogens is 1. The first-order valence-corrected chi connectivity index (χ1v) is 10.6. The Morgan fingerprint density at radius 3 is 2.44 bits per heavy atom. The summed E-state index contributed by atoms with van der Waals surface area (Å²) < 4.78 is 0.957. The van der Waals surface area contributed by atoms with Gasteiger partial charge in [0.2, 0.25) is 0 Å². The molecule has 0 radical (unpaired) electrons. The van der Waals surface area contributed by atoms with Gasteiger partial charge in [-0.1, -0.05) is 0 Å². The molecule has 0 spiro atoms. The number of thiazole rings is 1. The van der Waals surface area contributed by atoms with Gasteiger partial charge in [-0.05, 0) is 22.0 Å². The number of nitrogens with zero attached hydrogens (tertiary/aromatic N) is 4. The van der Waals surface area contributed by atoms with Crippen molar-refractivity contribution in [2.75, 3.05) is 39.3 Å². The van der Waals surface area contributed by atoms with Crippen LogP contribution in [0.5, 0.6) is 0 Å². The van der Waals surface area contributed by atoms with Gasteiger partial charge in [0.05, 0.1) is 4.88 Å². The fourth-order valence-corrected chi connectivity index (χ4v) is 5.18. The molecule has 2 aliphatic heterocycles. The van der Waals surface area contributed by atoms with E-state index in [1.54, 1.807) is 6.20 Å². The normalized spacial score (nSPS) is 19.1. The van der Waals surface area contributed by atoms with Crippen LogP contribution < -0.4 is 0 Å². The van der Waals surface area contributed by atoms with Gasteiger partial charge in [0.25, 0.3) is 11.8 Å². The zero-order chi connectivity index (χ0) is 17.4. The number of rotatable bonds is 3. The molecular weight excluding hydrogens is 424 g/mol. The molecule has 0 atom stereocenters. The molecule has 6 nitrogen and oxygen atoms in total.